The Bertz CT molecular complexity index is 1330. The molecule has 1 saturated heterocycles. The zero-order valence-electron chi connectivity index (χ0n) is 18.3. The summed E-state index contributed by atoms with van der Waals surface area (Å²) in [5.74, 6) is -0.259. The van der Waals surface area contributed by atoms with E-state index in [4.69, 9.17) is 21.1 Å². The summed E-state index contributed by atoms with van der Waals surface area (Å²) in [7, 11) is 1.47. The zero-order valence-corrected chi connectivity index (χ0v) is 19.0. The van der Waals surface area contributed by atoms with Gasteiger partial charge in [0.05, 0.1) is 32.2 Å². The molecule has 0 radical (unpaired) electrons. The van der Waals surface area contributed by atoms with Crippen molar-refractivity contribution in [2.45, 2.75) is 6.10 Å². The Kier molecular flexibility index (Phi) is 6.23. The first-order valence-electron chi connectivity index (χ1n) is 10.7. The molecule has 0 amide bonds. The zero-order chi connectivity index (χ0) is 23.7. The van der Waals surface area contributed by atoms with Crippen molar-refractivity contribution in [2.75, 3.05) is 38.3 Å². The van der Waals surface area contributed by atoms with Crippen LogP contribution in [0.4, 0.5) is 10.1 Å². The van der Waals surface area contributed by atoms with Crippen molar-refractivity contribution in [3.8, 4) is 17.1 Å². The lowest BCUT2D eigenvalue weighted by atomic mass is 9.98. The van der Waals surface area contributed by atoms with Crippen LogP contribution in [0.3, 0.4) is 0 Å². The Hall–Kier alpha value is -3.40. The Morgan fingerprint density at radius 2 is 1.91 bits per heavy atom. The molecule has 10 heteroatoms. The molecule has 0 unspecified atom stereocenters. The molecule has 2 aromatic heterocycles. The average Bonchev–Trinajstić information content (AvgIpc) is 2.88. The van der Waals surface area contributed by atoms with Crippen LogP contribution in [0.25, 0.3) is 22.0 Å². The fourth-order valence-corrected chi connectivity index (χ4v) is 4.25. The number of rotatable bonds is 5. The largest absolute Gasteiger partial charge is 0.480 e. The number of methoxy groups -OCH3 is 1. The van der Waals surface area contributed by atoms with E-state index in [1.807, 2.05) is 18.2 Å². The number of ether oxygens (including phenoxy) is 2. The molecule has 34 heavy (non-hydrogen) atoms. The van der Waals surface area contributed by atoms with Crippen LogP contribution in [-0.2, 0) is 4.74 Å². The molecule has 5 rings (SSSR count). The second-order valence-electron chi connectivity index (χ2n) is 7.82. The fourth-order valence-electron chi connectivity index (χ4n) is 3.99. The van der Waals surface area contributed by atoms with Crippen molar-refractivity contribution < 1.29 is 19.0 Å². The van der Waals surface area contributed by atoms with Gasteiger partial charge in [-0.2, -0.15) is 5.10 Å². The first kappa shape index (κ1) is 22.4. The van der Waals surface area contributed by atoms with Gasteiger partial charge in [-0.15, -0.1) is 15.3 Å². The van der Waals surface area contributed by atoms with E-state index >= 15 is 4.39 Å². The van der Waals surface area contributed by atoms with Gasteiger partial charge in [0.2, 0.25) is 5.88 Å². The van der Waals surface area contributed by atoms with Crippen LogP contribution in [-0.4, -0.2) is 58.9 Å². The van der Waals surface area contributed by atoms with E-state index in [0.29, 0.717) is 24.8 Å². The van der Waals surface area contributed by atoms with E-state index in [1.54, 1.807) is 18.3 Å². The van der Waals surface area contributed by atoms with Gasteiger partial charge in [-0.3, -0.25) is 0 Å². The van der Waals surface area contributed by atoms with Crippen LogP contribution < -0.4 is 9.64 Å². The highest BCUT2D eigenvalue weighted by Crippen LogP contribution is 2.36. The quantitative estimate of drug-likeness (QED) is 0.460. The minimum atomic E-state index is -1.22. The van der Waals surface area contributed by atoms with Gasteiger partial charge >= 0.3 is 0 Å². The maximum Gasteiger partial charge on any atom is 0.233 e. The summed E-state index contributed by atoms with van der Waals surface area (Å²) in [5, 5.41) is 28.7. The van der Waals surface area contributed by atoms with Gasteiger partial charge in [-0.25, -0.2) is 4.39 Å². The van der Waals surface area contributed by atoms with Gasteiger partial charge in [0, 0.05) is 51.8 Å². The normalized spacial score (nSPS) is 14.9. The third kappa shape index (κ3) is 4.25. The fraction of sp³-hybridized carbons (Fsp3) is 0.250. The third-order valence-corrected chi connectivity index (χ3v) is 6.13. The molecular weight excluding hydrogens is 461 g/mol. The Morgan fingerprint density at radius 3 is 2.65 bits per heavy atom. The summed E-state index contributed by atoms with van der Waals surface area (Å²) in [6.07, 6.45) is 0.431. The lowest BCUT2D eigenvalue weighted by molar-refractivity contribution is 0.122. The number of hydrogen-bond donors (Lipinski definition) is 1. The highest BCUT2D eigenvalue weighted by Gasteiger charge is 2.22. The number of benzene rings is 2. The SMILES string of the molecule is COc1ccc([C@@H](O)c2cc(-c3nncc4cc(N5CCOCC5)ccc34)c(F)cc2Cl)nn1. The lowest BCUT2D eigenvalue weighted by Gasteiger charge is -2.29. The standard InChI is InChI=1S/C24H21ClFN5O3/c1-33-22-5-4-21(28-29-22)24(32)17-11-18(20(26)12-19(17)25)23-16-3-2-15(10-14(16)13-27-30-23)31-6-8-34-9-7-31/h2-5,10-13,24,32H,6-9H2,1H3/t24-/m0/s1. The Morgan fingerprint density at radius 1 is 1.09 bits per heavy atom. The number of morpholine rings is 1. The first-order valence-corrected chi connectivity index (χ1v) is 11.1. The van der Waals surface area contributed by atoms with E-state index < -0.39 is 11.9 Å². The minimum absolute atomic E-state index is 0.0640. The van der Waals surface area contributed by atoms with Crippen LogP contribution in [0, 0.1) is 5.82 Å². The van der Waals surface area contributed by atoms with E-state index in [0.717, 1.165) is 35.6 Å². The predicted molar refractivity (Wildman–Crippen MR) is 126 cm³/mol. The van der Waals surface area contributed by atoms with Crippen molar-refractivity contribution in [1.82, 2.24) is 20.4 Å². The molecule has 2 aromatic carbocycles. The highest BCUT2D eigenvalue weighted by molar-refractivity contribution is 6.31. The number of aliphatic hydroxyl groups is 1. The maximum atomic E-state index is 15.1. The molecule has 8 nitrogen and oxygen atoms in total. The molecule has 0 aliphatic carbocycles. The molecule has 1 aliphatic rings. The van der Waals surface area contributed by atoms with E-state index in [9.17, 15) is 5.11 Å². The van der Waals surface area contributed by atoms with Gasteiger partial charge in [-0.1, -0.05) is 11.6 Å². The van der Waals surface area contributed by atoms with Crippen molar-refractivity contribution in [3.63, 3.8) is 0 Å². The van der Waals surface area contributed by atoms with Crippen molar-refractivity contribution in [3.05, 3.63) is 70.8 Å². The molecule has 174 valence electrons. The smallest absolute Gasteiger partial charge is 0.233 e. The summed E-state index contributed by atoms with van der Waals surface area (Å²) < 4.78 is 25.5. The number of fused-ring (bicyclic) bond motifs is 1. The van der Waals surface area contributed by atoms with Crippen molar-refractivity contribution in [2.24, 2.45) is 0 Å². The van der Waals surface area contributed by atoms with Crippen LogP contribution in [0.2, 0.25) is 5.02 Å². The molecule has 0 bridgehead atoms. The Balaban J connectivity index is 1.55. The molecule has 0 saturated carbocycles. The van der Waals surface area contributed by atoms with Crippen LogP contribution >= 0.6 is 11.6 Å². The van der Waals surface area contributed by atoms with E-state index in [1.165, 1.54) is 13.2 Å². The van der Waals surface area contributed by atoms with Gasteiger partial charge in [0.25, 0.3) is 0 Å². The van der Waals surface area contributed by atoms with Gasteiger partial charge < -0.3 is 19.5 Å². The molecular formula is C24H21ClFN5O3. The number of nitrogens with zero attached hydrogens (tertiary/aromatic N) is 5. The van der Waals surface area contributed by atoms with Gasteiger partial charge in [0.15, 0.2) is 0 Å². The number of aromatic nitrogens is 4. The molecule has 1 N–H and O–H groups in total. The van der Waals surface area contributed by atoms with E-state index in [2.05, 4.69) is 25.3 Å². The number of hydrogen-bond acceptors (Lipinski definition) is 8. The number of anilines is 1. The monoisotopic (exact) mass is 481 g/mol. The number of halogens is 2. The summed E-state index contributed by atoms with van der Waals surface area (Å²) >= 11 is 6.29. The summed E-state index contributed by atoms with van der Waals surface area (Å²) in [6.45, 7) is 2.96. The second-order valence-corrected chi connectivity index (χ2v) is 8.23. The second kappa shape index (κ2) is 9.46. The van der Waals surface area contributed by atoms with E-state index in [-0.39, 0.29) is 21.8 Å². The number of aliphatic hydroxyl groups excluding tert-OH is 1. The summed E-state index contributed by atoms with van der Waals surface area (Å²) in [5.41, 5.74) is 2.10. The molecule has 0 spiro atoms. The average molecular weight is 482 g/mol. The van der Waals surface area contributed by atoms with Crippen molar-refractivity contribution >= 4 is 28.1 Å². The van der Waals surface area contributed by atoms with Crippen molar-refractivity contribution in [1.29, 1.82) is 0 Å². The highest BCUT2D eigenvalue weighted by atomic mass is 35.5. The third-order valence-electron chi connectivity index (χ3n) is 5.81. The van der Waals surface area contributed by atoms with Crippen LogP contribution in [0.1, 0.15) is 17.4 Å². The molecule has 4 aromatic rings. The molecule has 3 heterocycles. The molecule has 1 atom stereocenters. The lowest BCUT2D eigenvalue weighted by Crippen LogP contribution is -2.36. The first-order chi connectivity index (χ1) is 16.5. The minimum Gasteiger partial charge on any atom is -0.480 e. The van der Waals surface area contributed by atoms with Gasteiger partial charge in [-0.05, 0) is 36.4 Å². The summed E-state index contributed by atoms with van der Waals surface area (Å²) in [4.78, 5) is 2.23. The predicted octanol–water partition coefficient (Wildman–Crippen LogP) is 3.81. The van der Waals surface area contributed by atoms with Crippen LogP contribution in [0.15, 0.2) is 48.7 Å². The van der Waals surface area contributed by atoms with Crippen LogP contribution in [0.5, 0.6) is 5.88 Å². The Labute approximate surface area is 199 Å². The molecule has 1 aliphatic heterocycles. The maximum absolute atomic E-state index is 15.1. The topological polar surface area (TPSA) is 93.5 Å². The van der Waals surface area contributed by atoms with Gasteiger partial charge in [0.1, 0.15) is 17.6 Å². The summed E-state index contributed by atoms with van der Waals surface area (Å²) in [6, 6.07) is 11.7. The molecule has 1 fully saturated rings.